The van der Waals surface area contributed by atoms with E-state index in [4.69, 9.17) is 0 Å². The van der Waals surface area contributed by atoms with Crippen molar-refractivity contribution in [1.82, 2.24) is 9.97 Å². The maximum atomic E-state index is 13.4. The van der Waals surface area contributed by atoms with Crippen LogP contribution < -0.4 is 4.74 Å². The van der Waals surface area contributed by atoms with E-state index in [1.165, 1.54) is 6.26 Å². The fourth-order valence-corrected chi connectivity index (χ4v) is 1.47. The lowest BCUT2D eigenvalue weighted by molar-refractivity contribution is -0.360. The second-order valence-corrected chi connectivity index (χ2v) is 4.20. The number of halogens is 7. The third-order valence-electron chi connectivity index (χ3n) is 2.15. The zero-order chi connectivity index (χ0) is 15.8. The Morgan fingerprint density at radius 1 is 1.05 bits per heavy atom. The molecule has 0 unspecified atom stereocenters. The molecule has 0 saturated carbocycles. The molecule has 0 aliphatic rings. The zero-order valence-corrected chi connectivity index (χ0v) is 10.8. The topological polar surface area (TPSA) is 35.0 Å². The largest absolute Gasteiger partial charge is 0.481 e. The summed E-state index contributed by atoms with van der Waals surface area (Å²) >= 11 is 0.685. The van der Waals surface area contributed by atoms with Gasteiger partial charge in [-0.3, -0.25) is 0 Å². The molecule has 3 nitrogen and oxygen atoms in total. The zero-order valence-electron chi connectivity index (χ0n) is 9.93. The van der Waals surface area contributed by atoms with E-state index < -0.39 is 34.8 Å². The van der Waals surface area contributed by atoms with Crippen molar-refractivity contribution in [1.29, 1.82) is 0 Å². The van der Waals surface area contributed by atoms with Crippen LogP contribution in [0.25, 0.3) is 0 Å². The summed E-state index contributed by atoms with van der Waals surface area (Å²) in [6.45, 7) is 0. The standard InChI is InChI=1S/C9H7F7N2OS/c1-19-5-3-4(17-6(18-5)20-2)7(10,11)8(12,13)9(14,15)16/h3H,1-2H3. The van der Waals surface area contributed by atoms with Crippen LogP contribution in [-0.4, -0.2) is 35.4 Å². The van der Waals surface area contributed by atoms with Gasteiger partial charge in [0.25, 0.3) is 0 Å². The van der Waals surface area contributed by atoms with Gasteiger partial charge in [-0.1, -0.05) is 11.8 Å². The van der Waals surface area contributed by atoms with Crippen molar-refractivity contribution in [3.63, 3.8) is 0 Å². The van der Waals surface area contributed by atoms with Gasteiger partial charge in [0, 0.05) is 6.07 Å². The quantitative estimate of drug-likeness (QED) is 0.482. The molecule has 0 saturated heterocycles. The third-order valence-corrected chi connectivity index (χ3v) is 2.69. The highest BCUT2D eigenvalue weighted by molar-refractivity contribution is 7.98. The van der Waals surface area contributed by atoms with Gasteiger partial charge in [-0.2, -0.15) is 35.7 Å². The second-order valence-electron chi connectivity index (χ2n) is 3.43. The van der Waals surface area contributed by atoms with Crippen molar-refractivity contribution in [2.24, 2.45) is 0 Å². The highest BCUT2D eigenvalue weighted by atomic mass is 32.2. The van der Waals surface area contributed by atoms with Crippen LogP contribution in [0.3, 0.4) is 0 Å². The predicted molar refractivity (Wildman–Crippen MR) is 55.3 cm³/mol. The van der Waals surface area contributed by atoms with Gasteiger partial charge in [-0.25, -0.2) is 4.98 Å². The van der Waals surface area contributed by atoms with Crippen LogP contribution in [0.2, 0.25) is 0 Å². The number of thioether (sulfide) groups is 1. The fraction of sp³-hybridized carbons (Fsp3) is 0.556. The first-order chi connectivity index (χ1) is 8.97. The van der Waals surface area contributed by atoms with Crippen LogP contribution in [0.4, 0.5) is 30.7 Å². The van der Waals surface area contributed by atoms with E-state index in [2.05, 4.69) is 14.7 Å². The Balaban J connectivity index is 3.41. The van der Waals surface area contributed by atoms with Crippen molar-refractivity contribution < 1.29 is 35.5 Å². The molecular weight excluding hydrogens is 317 g/mol. The Morgan fingerprint density at radius 3 is 2.00 bits per heavy atom. The lowest BCUT2D eigenvalue weighted by Crippen LogP contribution is -2.50. The van der Waals surface area contributed by atoms with Crippen LogP contribution in [0.1, 0.15) is 5.69 Å². The lowest BCUT2D eigenvalue weighted by atomic mass is 10.1. The molecule has 0 amide bonds. The Bertz CT molecular complexity index is 469. The summed E-state index contributed by atoms with van der Waals surface area (Å²) in [6, 6.07) is 0.235. The molecule has 1 heterocycles. The third kappa shape index (κ3) is 2.76. The van der Waals surface area contributed by atoms with E-state index in [1.54, 1.807) is 0 Å². The molecule has 0 aromatic carbocycles. The molecule has 0 bridgehead atoms. The van der Waals surface area contributed by atoms with Gasteiger partial charge >= 0.3 is 18.0 Å². The Morgan fingerprint density at radius 2 is 1.60 bits per heavy atom. The van der Waals surface area contributed by atoms with Crippen LogP contribution >= 0.6 is 11.8 Å². The molecule has 20 heavy (non-hydrogen) atoms. The average molecular weight is 324 g/mol. The first-order valence-corrected chi connectivity index (χ1v) is 5.99. The van der Waals surface area contributed by atoms with E-state index in [-0.39, 0.29) is 6.07 Å². The van der Waals surface area contributed by atoms with Gasteiger partial charge in [0.15, 0.2) is 5.16 Å². The van der Waals surface area contributed by atoms with Crippen LogP contribution in [-0.2, 0) is 5.92 Å². The SMILES string of the molecule is COc1cc(C(F)(F)C(F)(F)C(F)(F)F)nc(SC)n1. The molecule has 0 atom stereocenters. The number of ether oxygens (including phenoxy) is 1. The Kier molecular flexibility index (Phi) is 4.42. The number of rotatable bonds is 4. The van der Waals surface area contributed by atoms with Gasteiger partial charge in [-0.15, -0.1) is 0 Å². The normalized spacial score (nSPS) is 13.4. The Labute approximate surface area is 112 Å². The second kappa shape index (κ2) is 5.26. The number of hydrogen-bond donors (Lipinski definition) is 0. The van der Waals surface area contributed by atoms with Crippen LogP contribution in [0, 0.1) is 0 Å². The minimum absolute atomic E-state index is 0.235. The minimum Gasteiger partial charge on any atom is -0.481 e. The molecule has 0 fully saturated rings. The molecule has 114 valence electrons. The molecular formula is C9H7F7N2OS. The van der Waals surface area contributed by atoms with E-state index in [0.29, 0.717) is 11.8 Å². The van der Waals surface area contributed by atoms with Crippen LogP contribution in [0.5, 0.6) is 5.88 Å². The van der Waals surface area contributed by atoms with Crippen molar-refractivity contribution in [3.8, 4) is 5.88 Å². The Hall–Kier alpha value is -1.26. The van der Waals surface area contributed by atoms with Gasteiger partial charge in [0.2, 0.25) is 5.88 Å². The number of aromatic nitrogens is 2. The number of nitrogens with zero attached hydrogens (tertiary/aromatic N) is 2. The molecule has 0 N–H and O–H groups in total. The maximum absolute atomic E-state index is 13.4. The van der Waals surface area contributed by atoms with Crippen molar-refractivity contribution in [2.45, 2.75) is 23.2 Å². The number of alkyl halides is 7. The highest BCUT2D eigenvalue weighted by Gasteiger charge is 2.74. The van der Waals surface area contributed by atoms with E-state index in [0.717, 1.165) is 7.11 Å². The summed E-state index contributed by atoms with van der Waals surface area (Å²) in [5.41, 5.74) is -1.77. The average Bonchev–Trinajstić information content (AvgIpc) is 2.36. The molecule has 0 spiro atoms. The molecule has 1 aromatic rings. The van der Waals surface area contributed by atoms with Gasteiger partial charge in [0.1, 0.15) is 5.69 Å². The monoisotopic (exact) mass is 324 g/mol. The molecule has 0 aliphatic carbocycles. The summed E-state index contributed by atoms with van der Waals surface area (Å²) < 4.78 is 93.3. The van der Waals surface area contributed by atoms with Crippen molar-refractivity contribution in [3.05, 3.63) is 11.8 Å². The number of hydrogen-bond acceptors (Lipinski definition) is 4. The smallest absolute Gasteiger partial charge is 0.460 e. The van der Waals surface area contributed by atoms with Crippen molar-refractivity contribution >= 4 is 11.8 Å². The molecule has 1 aromatic heterocycles. The predicted octanol–water partition coefficient (Wildman–Crippen LogP) is 3.50. The summed E-state index contributed by atoms with van der Waals surface area (Å²) in [5, 5.41) is -0.419. The first kappa shape index (κ1) is 16.8. The highest BCUT2D eigenvalue weighted by Crippen LogP contribution is 2.51. The van der Waals surface area contributed by atoms with Gasteiger partial charge in [-0.05, 0) is 6.26 Å². The van der Waals surface area contributed by atoms with E-state index >= 15 is 0 Å². The molecule has 0 radical (unpaired) electrons. The summed E-state index contributed by atoms with van der Waals surface area (Å²) in [7, 11) is 0.996. The molecule has 0 aliphatic heterocycles. The fourth-order valence-electron chi connectivity index (χ4n) is 1.10. The van der Waals surface area contributed by atoms with Gasteiger partial charge < -0.3 is 4.74 Å². The summed E-state index contributed by atoms with van der Waals surface area (Å²) in [6.07, 6.45) is -5.09. The van der Waals surface area contributed by atoms with E-state index in [9.17, 15) is 30.7 Å². The number of methoxy groups -OCH3 is 1. The summed E-state index contributed by atoms with van der Waals surface area (Å²) in [5.74, 6) is -12.4. The minimum atomic E-state index is -6.42. The maximum Gasteiger partial charge on any atom is 0.460 e. The van der Waals surface area contributed by atoms with Gasteiger partial charge in [0.05, 0.1) is 7.11 Å². The van der Waals surface area contributed by atoms with Crippen molar-refractivity contribution in [2.75, 3.05) is 13.4 Å². The first-order valence-electron chi connectivity index (χ1n) is 4.77. The summed E-state index contributed by atoms with van der Waals surface area (Å²) in [4.78, 5) is 6.49. The molecule has 1 rings (SSSR count). The molecule has 11 heteroatoms. The van der Waals surface area contributed by atoms with E-state index in [1.807, 2.05) is 0 Å². The lowest BCUT2D eigenvalue weighted by Gasteiger charge is -2.27. The van der Waals surface area contributed by atoms with Crippen LogP contribution in [0.15, 0.2) is 11.2 Å².